The third-order valence-electron chi connectivity index (χ3n) is 3.33. The lowest BCUT2D eigenvalue weighted by molar-refractivity contribution is 0.104. The van der Waals surface area contributed by atoms with Gasteiger partial charge in [0.05, 0.1) is 18.5 Å². The average Bonchev–Trinajstić information content (AvgIpc) is 2.81. The van der Waals surface area contributed by atoms with Crippen LogP contribution in [0.1, 0.15) is 17.2 Å². The Morgan fingerprint density at radius 1 is 1.19 bits per heavy atom. The Balaban J connectivity index is 1.95. The molecule has 0 fully saturated rings. The second-order valence-electron chi connectivity index (χ2n) is 4.32. The van der Waals surface area contributed by atoms with Gasteiger partial charge < -0.3 is 9.67 Å². The van der Waals surface area contributed by atoms with E-state index in [0.29, 0.717) is 0 Å². The molecule has 0 amide bonds. The van der Waals surface area contributed by atoms with Crippen molar-refractivity contribution in [1.29, 1.82) is 0 Å². The van der Waals surface area contributed by atoms with Crippen LogP contribution in [0.5, 0.6) is 0 Å². The van der Waals surface area contributed by atoms with Crippen LogP contribution >= 0.6 is 0 Å². The van der Waals surface area contributed by atoms with Crippen molar-refractivity contribution in [3.8, 4) is 0 Å². The molecule has 2 aromatic rings. The quantitative estimate of drug-likeness (QED) is 0.782. The Morgan fingerprint density at radius 3 is 2.62 bits per heavy atom. The number of aliphatic hydroxyl groups is 1. The summed E-state index contributed by atoms with van der Waals surface area (Å²) >= 11 is 0. The summed E-state index contributed by atoms with van der Waals surface area (Å²) in [7, 11) is 0. The van der Waals surface area contributed by atoms with E-state index in [1.165, 1.54) is 11.1 Å². The van der Waals surface area contributed by atoms with Crippen LogP contribution in [0, 0.1) is 0 Å². The van der Waals surface area contributed by atoms with Crippen molar-refractivity contribution < 1.29 is 5.11 Å². The molecule has 0 aliphatic heterocycles. The zero-order chi connectivity index (χ0) is 11.0. The van der Waals surface area contributed by atoms with E-state index in [1.54, 1.807) is 12.5 Å². The Morgan fingerprint density at radius 2 is 1.94 bits per heavy atom. The fourth-order valence-corrected chi connectivity index (χ4v) is 2.45. The van der Waals surface area contributed by atoms with Crippen LogP contribution in [0.2, 0.25) is 0 Å². The minimum atomic E-state index is -0.316. The van der Waals surface area contributed by atoms with Gasteiger partial charge in [-0.2, -0.15) is 0 Å². The summed E-state index contributed by atoms with van der Waals surface area (Å²) in [6, 6.07) is 8.45. The van der Waals surface area contributed by atoms with Gasteiger partial charge in [0.15, 0.2) is 0 Å². The molecule has 1 aromatic carbocycles. The molecule has 2 atom stereocenters. The first-order valence-electron chi connectivity index (χ1n) is 5.57. The van der Waals surface area contributed by atoms with E-state index >= 15 is 0 Å². The number of imidazole rings is 1. The number of aliphatic hydroxyl groups excluding tert-OH is 1. The van der Waals surface area contributed by atoms with Crippen molar-refractivity contribution in [2.24, 2.45) is 0 Å². The maximum atomic E-state index is 10.1. The minimum absolute atomic E-state index is 0.123. The van der Waals surface area contributed by atoms with Gasteiger partial charge in [-0.25, -0.2) is 4.98 Å². The zero-order valence-corrected chi connectivity index (χ0v) is 8.95. The van der Waals surface area contributed by atoms with Gasteiger partial charge in [0.1, 0.15) is 0 Å². The normalized spacial score (nSPS) is 24.1. The second kappa shape index (κ2) is 3.76. The van der Waals surface area contributed by atoms with Crippen LogP contribution in [0.25, 0.3) is 0 Å². The Bertz CT molecular complexity index is 478. The molecule has 0 spiro atoms. The van der Waals surface area contributed by atoms with Crippen molar-refractivity contribution >= 4 is 0 Å². The SMILES string of the molecule is O[C@H]1Cc2ccccc2C[C@@H]1n1ccnc1. The van der Waals surface area contributed by atoms with Gasteiger partial charge in [0.25, 0.3) is 0 Å². The first-order valence-corrected chi connectivity index (χ1v) is 5.57. The first-order chi connectivity index (χ1) is 7.84. The van der Waals surface area contributed by atoms with Gasteiger partial charge in [-0.15, -0.1) is 0 Å². The lowest BCUT2D eigenvalue weighted by Crippen LogP contribution is -2.31. The molecule has 1 aliphatic carbocycles. The molecule has 1 heterocycles. The van der Waals surface area contributed by atoms with Crippen molar-refractivity contribution in [1.82, 2.24) is 9.55 Å². The molecular formula is C13H14N2O. The predicted molar refractivity (Wildman–Crippen MR) is 61.1 cm³/mol. The summed E-state index contributed by atoms with van der Waals surface area (Å²) in [5.74, 6) is 0. The van der Waals surface area contributed by atoms with Crippen LogP contribution < -0.4 is 0 Å². The van der Waals surface area contributed by atoms with E-state index < -0.39 is 0 Å². The molecule has 1 aromatic heterocycles. The van der Waals surface area contributed by atoms with Crippen LogP contribution in [0.4, 0.5) is 0 Å². The highest BCUT2D eigenvalue weighted by molar-refractivity contribution is 5.31. The second-order valence-corrected chi connectivity index (χ2v) is 4.32. The first kappa shape index (κ1) is 9.60. The number of hydrogen-bond donors (Lipinski definition) is 1. The summed E-state index contributed by atoms with van der Waals surface area (Å²) in [6.07, 6.45) is 6.76. The largest absolute Gasteiger partial charge is 0.391 e. The molecule has 1 aliphatic rings. The molecule has 1 N–H and O–H groups in total. The van der Waals surface area contributed by atoms with Gasteiger partial charge in [-0.05, 0) is 17.5 Å². The van der Waals surface area contributed by atoms with Crippen LogP contribution in [-0.2, 0) is 12.8 Å². The van der Waals surface area contributed by atoms with Gasteiger partial charge in [-0.1, -0.05) is 24.3 Å². The number of rotatable bonds is 1. The number of fused-ring (bicyclic) bond motifs is 1. The summed E-state index contributed by atoms with van der Waals surface area (Å²) in [5.41, 5.74) is 2.61. The predicted octanol–water partition coefficient (Wildman–Crippen LogP) is 1.58. The minimum Gasteiger partial charge on any atom is -0.391 e. The smallest absolute Gasteiger partial charge is 0.0949 e. The molecule has 3 rings (SSSR count). The summed E-state index contributed by atoms with van der Waals surface area (Å²) < 4.78 is 2.00. The van der Waals surface area contributed by atoms with Gasteiger partial charge in [0, 0.05) is 18.8 Å². The molecule has 0 saturated heterocycles. The number of hydrogen-bond acceptors (Lipinski definition) is 2. The Labute approximate surface area is 94.4 Å². The molecule has 16 heavy (non-hydrogen) atoms. The van der Waals surface area contributed by atoms with Crippen LogP contribution in [0.15, 0.2) is 43.0 Å². The zero-order valence-electron chi connectivity index (χ0n) is 8.95. The maximum absolute atomic E-state index is 10.1. The molecule has 0 radical (unpaired) electrons. The molecule has 0 bridgehead atoms. The van der Waals surface area contributed by atoms with E-state index in [2.05, 4.69) is 23.2 Å². The third kappa shape index (κ3) is 1.53. The van der Waals surface area contributed by atoms with Crippen molar-refractivity contribution in [2.75, 3.05) is 0 Å². The van der Waals surface area contributed by atoms with Gasteiger partial charge >= 0.3 is 0 Å². The van der Waals surface area contributed by atoms with Crippen molar-refractivity contribution in [3.63, 3.8) is 0 Å². The highest BCUT2D eigenvalue weighted by atomic mass is 16.3. The summed E-state index contributed by atoms with van der Waals surface area (Å²) in [5, 5.41) is 10.1. The lowest BCUT2D eigenvalue weighted by atomic mass is 9.86. The number of benzene rings is 1. The third-order valence-corrected chi connectivity index (χ3v) is 3.33. The summed E-state index contributed by atoms with van der Waals surface area (Å²) in [4.78, 5) is 4.04. The van der Waals surface area contributed by atoms with Crippen molar-refractivity contribution in [2.45, 2.75) is 25.0 Å². The number of nitrogens with zero attached hydrogens (tertiary/aromatic N) is 2. The van der Waals surface area contributed by atoms with Gasteiger partial charge in [-0.3, -0.25) is 0 Å². The molecule has 3 nitrogen and oxygen atoms in total. The Hall–Kier alpha value is -1.61. The molecule has 3 heteroatoms. The van der Waals surface area contributed by atoms with Crippen molar-refractivity contribution in [3.05, 3.63) is 54.1 Å². The Kier molecular flexibility index (Phi) is 2.26. The molecule has 82 valence electrons. The fraction of sp³-hybridized carbons (Fsp3) is 0.308. The highest BCUT2D eigenvalue weighted by Gasteiger charge is 2.27. The van der Waals surface area contributed by atoms with E-state index in [-0.39, 0.29) is 12.1 Å². The standard InChI is InChI=1S/C13H14N2O/c16-13-8-11-4-2-1-3-10(11)7-12(13)15-6-5-14-9-15/h1-6,9,12-13,16H,7-8H2/t12-,13-/m0/s1. The average molecular weight is 214 g/mol. The van der Waals surface area contributed by atoms with E-state index in [1.807, 2.05) is 16.8 Å². The van der Waals surface area contributed by atoms with Crippen LogP contribution in [0.3, 0.4) is 0 Å². The highest BCUT2D eigenvalue weighted by Crippen LogP contribution is 2.28. The number of aromatic nitrogens is 2. The topological polar surface area (TPSA) is 38.0 Å². The van der Waals surface area contributed by atoms with E-state index in [4.69, 9.17) is 0 Å². The van der Waals surface area contributed by atoms with Crippen LogP contribution in [-0.4, -0.2) is 20.8 Å². The fourth-order valence-electron chi connectivity index (χ4n) is 2.45. The monoisotopic (exact) mass is 214 g/mol. The molecule has 0 saturated carbocycles. The van der Waals surface area contributed by atoms with E-state index in [9.17, 15) is 5.11 Å². The van der Waals surface area contributed by atoms with E-state index in [0.717, 1.165) is 12.8 Å². The summed E-state index contributed by atoms with van der Waals surface area (Å²) in [6.45, 7) is 0. The maximum Gasteiger partial charge on any atom is 0.0949 e. The molecule has 0 unspecified atom stereocenters. The lowest BCUT2D eigenvalue weighted by Gasteiger charge is -2.30. The van der Waals surface area contributed by atoms with Gasteiger partial charge in [0.2, 0.25) is 0 Å². The molecular weight excluding hydrogens is 200 g/mol.